The van der Waals surface area contributed by atoms with Gasteiger partial charge in [0.15, 0.2) is 0 Å². The number of hydrogen-bond donors (Lipinski definition) is 1. The van der Waals surface area contributed by atoms with E-state index >= 15 is 0 Å². The van der Waals surface area contributed by atoms with Crippen molar-refractivity contribution >= 4 is 9.84 Å². The van der Waals surface area contributed by atoms with E-state index in [0.717, 1.165) is 38.8 Å². The van der Waals surface area contributed by atoms with Crippen LogP contribution in [0, 0.1) is 5.41 Å². The fourth-order valence-electron chi connectivity index (χ4n) is 2.95. The van der Waals surface area contributed by atoms with Crippen LogP contribution in [0.25, 0.3) is 0 Å². The second-order valence-electron chi connectivity index (χ2n) is 5.78. The van der Waals surface area contributed by atoms with Crippen LogP contribution in [0.1, 0.15) is 45.4 Å². The largest absolute Gasteiger partial charge is 0.383 e. The fraction of sp³-hybridized carbons (Fsp3) is 1.00. The average molecular weight is 291 g/mol. The molecule has 1 N–H and O–H groups in total. The van der Waals surface area contributed by atoms with Crippen LogP contribution in [0.2, 0.25) is 0 Å². The first-order valence-electron chi connectivity index (χ1n) is 7.44. The average Bonchev–Trinajstić information content (AvgIpc) is 2.82. The molecule has 0 bridgehead atoms. The van der Waals surface area contributed by atoms with Crippen LogP contribution in [0.15, 0.2) is 0 Å². The Bertz CT molecular complexity index is 335. The monoisotopic (exact) mass is 291 g/mol. The van der Waals surface area contributed by atoms with Crippen LogP contribution in [0.4, 0.5) is 0 Å². The molecule has 1 aliphatic rings. The molecule has 0 unspecified atom stereocenters. The van der Waals surface area contributed by atoms with Crippen molar-refractivity contribution in [1.29, 1.82) is 0 Å². The molecule has 0 radical (unpaired) electrons. The second kappa shape index (κ2) is 8.22. The Morgan fingerprint density at radius 2 is 1.89 bits per heavy atom. The van der Waals surface area contributed by atoms with Crippen molar-refractivity contribution < 1.29 is 13.2 Å². The van der Waals surface area contributed by atoms with E-state index in [0.29, 0.717) is 18.1 Å². The van der Waals surface area contributed by atoms with Crippen LogP contribution in [-0.2, 0) is 14.6 Å². The molecule has 1 saturated carbocycles. The van der Waals surface area contributed by atoms with E-state index in [9.17, 15) is 8.42 Å². The third-order valence-corrected chi connectivity index (χ3v) is 5.96. The number of sulfone groups is 1. The molecule has 0 atom stereocenters. The van der Waals surface area contributed by atoms with Crippen LogP contribution in [0.3, 0.4) is 0 Å². The number of rotatable bonds is 10. The first-order chi connectivity index (χ1) is 9.04. The Hall–Kier alpha value is -0.130. The predicted octanol–water partition coefficient (Wildman–Crippen LogP) is 2.00. The Morgan fingerprint density at radius 3 is 2.47 bits per heavy atom. The normalized spacial score (nSPS) is 18.8. The Morgan fingerprint density at radius 1 is 1.21 bits per heavy atom. The molecular weight excluding hydrogens is 262 g/mol. The minimum absolute atomic E-state index is 0.203. The van der Waals surface area contributed by atoms with E-state index in [1.54, 1.807) is 7.11 Å². The van der Waals surface area contributed by atoms with Gasteiger partial charge in [-0.25, -0.2) is 8.42 Å². The summed E-state index contributed by atoms with van der Waals surface area (Å²) in [5, 5.41) is 3.42. The highest BCUT2D eigenvalue weighted by Gasteiger charge is 2.34. The van der Waals surface area contributed by atoms with Crippen LogP contribution >= 0.6 is 0 Å². The summed E-state index contributed by atoms with van der Waals surface area (Å²) in [6.45, 7) is 4.41. The zero-order chi connectivity index (χ0) is 14.2. The Labute approximate surface area is 118 Å². The smallest absolute Gasteiger partial charge is 0.150 e. The van der Waals surface area contributed by atoms with Gasteiger partial charge in [-0.15, -0.1) is 0 Å². The molecule has 19 heavy (non-hydrogen) atoms. The molecule has 1 rings (SSSR count). The maximum absolute atomic E-state index is 11.9. The van der Waals surface area contributed by atoms with Crippen molar-refractivity contribution in [1.82, 2.24) is 5.32 Å². The molecule has 4 nitrogen and oxygen atoms in total. The van der Waals surface area contributed by atoms with Crippen LogP contribution in [-0.4, -0.2) is 46.7 Å². The highest BCUT2D eigenvalue weighted by Crippen LogP contribution is 2.40. The SMILES string of the molecule is CCCS(=O)(=O)CCC1(CNCCOC)CCCC1. The molecule has 0 aromatic carbocycles. The van der Waals surface area contributed by atoms with E-state index in [1.165, 1.54) is 12.8 Å². The minimum Gasteiger partial charge on any atom is -0.383 e. The van der Waals surface area contributed by atoms with Crippen LogP contribution in [0.5, 0.6) is 0 Å². The number of nitrogens with one attached hydrogen (secondary N) is 1. The molecule has 1 fully saturated rings. The van der Waals surface area contributed by atoms with Crippen molar-refractivity contribution in [2.45, 2.75) is 45.4 Å². The third kappa shape index (κ3) is 6.23. The molecule has 0 heterocycles. The lowest BCUT2D eigenvalue weighted by Gasteiger charge is -2.29. The molecule has 0 saturated heterocycles. The summed E-state index contributed by atoms with van der Waals surface area (Å²) in [5.74, 6) is 0.687. The van der Waals surface area contributed by atoms with E-state index in [-0.39, 0.29) is 5.41 Å². The van der Waals surface area contributed by atoms with Gasteiger partial charge in [0.25, 0.3) is 0 Å². The van der Waals surface area contributed by atoms with Gasteiger partial charge in [0.2, 0.25) is 0 Å². The summed E-state index contributed by atoms with van der Waals surface area (Å²) >= 11 is 0. The van der Waals surface area contributed by atoms with Gasteiger partial charge in [0.05, 0.1) is 12.4 Å². The molecule has 0 aromatic heterocycles. The maximum atomic E-state index is 11.9. The molecule has 114 valence electrons. The molecular formula is C14H29NO3S. The lowest BCUT2D eigenvalue weighted by molar-refractivity contribution is 0.189. The van der Waals surface area contributed by atoms with E-state index in [1.807, 2.05) is 6.92 Å². The summed E-state index contributed by atoms with van der Waals surface area (Å²) in [4.78, 5) is 0. The molecule has 0 aliphatic heterocycles. The number of hydrogen-bond acceptors (Lipinski definition) is 4. The lowest BCUT2D eigenvalue weighted by Crippen LogP contribution is -2.35. The number of methoxy groups -OCH3 is 1. The number of ether oxygens (including phenoxy) is 1. The quantitative estimate of drug-likeness (QED) is 0.626. The summed E-state index contributed by atoms with van der Waals surface area (Å²) < 4.78 is 28.8. The van der Waals surface area contributed by atoms with Crippen molar-refractivity contribution in [3.63, 3.8) is 0 Å². The maximum Gasteiger partial charge on any atom is 0.150 e. The van der Waals surface area contributed by atoms with Crippen molar-refractivity contribution in [2.75, 3.05) is 38.3 Å². The Balaban J connectivity index is 2.43. The van der Waals surface area contributed by atoms with Crippen LogP contribution < -0.4 is 5.32 Å². The van der Waals surface area contributed by atoms with Gasteiger partial charge in [-0.1, -0.05) is 19.8 Å². The van der Waals surface area contributed by atoms with Crippen molar-refractivity contribution in [3.05, 3.63) is 0 Å². The van der Waals surface area contributed by atoms with Crippen molar-refractivity contribution in [3.8, 4) is 0 Å². The first-order valence-corrected chi connectivity index (χ1v) is 9.26. The highest BCUT2D eigenvalue weighted by molar-refractivity contribution is 7.91. The molecule has 0 amide bonds. The lowest BCUT2D eigenvalue weighted by atomic mass is 9.83. The van der Waals surface area contributed by atoms with Gasteiger partial charge in [-0.05, 0) is 31.1 Å². The standard InChI is InChI=1S/C14H29NO3S/c1-3-11-19(16,17)12-8-14(6-4-5-7-14)13-15-9-10-18-2/h15H,3-13H2,1-2H3. The van der Waals surface area contributed by atoms with E-state index in [2.05, 4.69) is 5.32 Å². The zero-order valence-corrected chi connectivity index (χ0v) is 13.2. The zero-order valence-electron chi connectivity index (χ0n) is 12.4. The highest BCUT2D eigenvalue weighted by atomic mass is 32.2. The van der Waals surface area contributed by atoms with Gasteiger partial charge >= 0.3 is 0 Å². The van der Waals surface area contributed by atoms with Crippen molar-refractivity contribution in [2.24, 2.45) is 5.41 Å². The second-order valence-corrected chi connectivity index (χ2v) is 8.08. The van der Waals surface area contributed by atoms with E-state index in [4.69, 9.17) is 4.74 Å². The van der Waals surface area contributed by atoms with Gasteiger partial charge in [0.1, 0.15) is 9.84 Å². The molecule has 0 spiro atoms. The summed E-state index contributed by atoms with van der Waals surface area (Å²) in [6, 6.07) is 0. The molecule has 5 heteroatoms. The molecule has 1 aliphatic carbocycles. The topological polar surface area (TPSA) is 55.4 Å². The summed E-state index contributed by atoms with van der Waals surface area (Å²) in [7, 11) is -1.15. The van der Waals surface area contributed by atoms with E-state index < -0.39 is 9.84 Å². The first kappa shape index (κ1) is 16.9. The van der Waals surface area contributed by atoms with Gasteiger partial charge in [-0.2, -0.15) is 0 Å². The van der Waals surface area contributed by atoms with Gasteiger partial charge in [-0.3, -0.25) is 0 Å². The fourth-order valence-corrected chi connectivity index (χ4v) is 4.52. The summed E-state index contributed by atoms with van der Waals surface area (Å²) in [6.07, 6.45) is 6.33. The minimum atomic E-state index is -2.84. The Kier molecular flexibility index (Phi) is 7.32. The molecule has 0 aromatic rings. The third-order valence-electron chi connectivity index (χ3n) is 4.11. The van der Waals surface area contributed by atoms with Gasteiger partial charge in [0, 0.05) is 26.0 Å². The summed E-state index contributed by atoms with van der Waals surface area (Å²) in [5.41, 5.74) is 0.203. The van der Waals surface area contributed by atoms with Gasteiger partial charge < -0.3 is 10.1 Å². The predicted molar refractivity (Wildman–Crippen MR) is 79.2 cm³/mol.